The topological polar surface area (TPSA) is 54.5 Å². The van der Waals surface area contributed by atoms with Gasteiger partial charge in [0.1, 0.15) is 11.5 Å². The van der Waals surface area contributed by atoms with Gasteiger partial charge < -0.3 is 15.0 Å². The Morgan fingerprint density at radius 3 is 2.59 bits per heavy atom. The fourth-order valence-electron chi connectivity index (χ4n) is 3.93. The molecule has 4 aromatic rings. The van der Waals surface area contributed by atoms with E-state index in [1.807, 2.05) is 96.8 Å². The first kappa shape index (κ1) is 19.8. The van der Waals surface area contributed by atoms with E-state index in [0.717, 1.165) is 46.2 Å². The number of hydrogen-bond donors (Lipinski definition) is 1. The van der Waals surface area contributed by atoms with Crippen LogP contribution in [0, 0.1) is 6.92 Å². The van der Waals surface area contributed by atoms with E-state index in [-0.39, 0.29) is 5.91 Å². The Balaban J connectivity index is 1.37. The van der Waals surface area contributed by atoms with Gasteiger partial charge in [0.05, 0.1) is 5.69 Å². The smallest absolute Gasteiger partial charge is 0.258 e. The van der Waals surface area contributed by atoms with Gasteiger partial charge in [-0.2, -0.15) is 0 Å². The molecule has 0 aliphatic carbocycles. The number of pyridine rings is 1. The van der Waals surface area contributed by atoms with Crippen molar-refractivity contribution in [3.63, 3.8) is 0 Å². The number of rotatable bonds is 5. The van der Waals surface area contributed by atoms with Crippen LogP contribution < -0.4 is 15.0 Å². The summed E-state index contributed by atoms with van der Waals surface area (Å²) in [5.41, 5.74) is 5.44. The maximum atomic E-state index is 13.4. The molecule has 0 bridgehead atoms. The second kappa shape index (κ2) is 8.55. The number of aryl methyl sites for hydroxylation is 1. The number of benzene rings is 3. The average Bonchev–Trinajstić information content (AvgIpc) is 3.23. The highest BCUT2D eigenvalue weighted by Crippen LogP contribution is 2.34. The van der Waals surface area contributed by atoms with Crippen molar-refractivity contribution in [2.24, 2.45) is 0 Å². The van der Waals surface area contributed by atoms with E-state index in [9.17, 15) is 4.79 Å². The van der Waals surface area contributed by atoms with E-state index in [4.69, 9.17) is 4.74 Å². The largest absolute Gasteiger partial charge is 0.457 e. The molecule has 32 heavy (non-hydrogen) atoms. The molecule has 3 aromatic carbocycles. The molecule has 1 N–H and O–H groups in total. The van der Waals surface area contributed by atoms with Crippen LogP contribution in [0.15, 0.2) is 91.1 Å². The van der Waals surface area contributed by atoms with E-state index in [1.165, 1.54) is 0 Å². The Hall–Kier alpha value is -4.12. The van der Waals surface area contributed by atoms with Crippen molar-refractivity contribution in [1.82, 2.24) is 4.98 Å². The molecule has 0 unspecified atom stereocenters. The first-order valence-corrected chi connectivity index (χ1v) is 10.6. The summed E-state index contributed by atoms with van der Waals surface area (Å²) in [4.78, 5) is 19.4. The van der Waals surface area contributed by atoms with Crippen LogP contribution in [0.2, 0.25) is 0 Å². The summed E-state index contributed by atoms with van der Waals surface area (Å²) in [5, 5.41) is 3.36. The second-order valence-corrected chi connectivity index (χ2v) is 7.80. The number of nitrogens with zero attached hydrogens (tertiary/aromatic N) is 2. The molecule has 0 atom stereocenters. The van der Waals surface area contributed by atoms with E-state index >= 15 is 0 Å². The molecule has 2 heterocycles. The zero-order valence-corrected chi connectivity index (χ0v) is 17.8. The fraction of sp³-hybridized carbons (Fsp3) is 0.111. The van der Waals surface area contributed by atoms with Gasteiger partial charge in [0.2, 0.25) is 0 Å². The standard InChI is InChI=1S/C27H23N3O2/c1-19-16-23(12-14-28-19)29-22-7-5-6-21(17-22)27(31)30-15-13-20-10-11-25(18-26(20)30)32-24-8-3-2-4-9-24/h2-12,14,16-18H,13,15H2,1H3,(H,28,29). The molecule has 5 nitrogen and oxygen atoms in total. The van der Waals surface area contributed by atoms with E-state index in [0.29, 0.717) is 12.1 Å². The fourth-order valence-corrected chi connectivity index (χ4v) is 3.93. The average molecular weight is 422 g/mol. The van der Waals surface area contributed by atoms with E-state index in [2.05, 4.69) is 10.3 Å². The summed E-state index contributed by atoms with van der Waals surface area (Å²) in [6.45, 7) is 2.61. The zero-order chi connectivity index (χ0) is 21.9. The predicted octanol–water partition coefficient (Wildman–Crippen LogP) is 6.13. The Kier molecular flexibility index (Phi) is 5.30. The number of carbonyl (C=O) groups is 1. The van der Waals surface area contributed by atoms with Crippen LogP contribution in [0.3, 0.4) is 0 Å². The minimum atomic E-state index is -0.0184. The quantitative estimate of drug-likeness (QED) is 0.421. The number of anilines is 3. The van der Waals surface area contributed by atoms with Gasteiger partial charge in [-0.05, 0) is 67.4 Å². The highest BCUT2D eigenvalue weighted by atomic mass is 16.5. The van der Waals surface area contributed by atoms with Gasteiger partial charge in [-0.15, -0.1) is 0 Å². The van der Waals surface area contributed by atoms with Gasteiger partial charge in [0.15, 0.2) is 0 Å². The maximum absolute atomic E-state index is 13.4. The highest BCUT2D eigenvalue weighted by molar-refractivity contribution is 6.08. The molecule has 1 amide bonds. The maximum Gasteiger partial charge on any atom is 0.258 e. The lowest BCUT2D eigenvalue weighted by atomic mass is 10.1. The van der Waals surface area contributed by atoms with Gasteiger partial charge in [-0.3, -0.25) is 9.78 Å². The Morgan fingerprint density at radius 2 is 1.75 bits per heavy atom. The number of ether oxygens (including phenoxy) is 1. The van der Waals surface area contributed by atoms with Crippen molar-refractivity contribution >= 4 is 23.0 Å². The molecule has 1 aromatic heterocycles. The molecule has 0 fully saturated rings. The number of carbonyl (C=O) groups excluding carboxylic acids is 1. The molecule has 5 heteroatoms. The van der Waals surface area contributed by atoms with Gasteiger partial charge in [-0.1, -0.05) is 30.3 Å². The van der Waals surface area contributed by atoms with Crippen LogP contribution in [0.4, 0.5) is 17.1 Å². The minimum absolute atomic E-state index is 0.0184. The van der Waals surface area contributed by atoms with E-state index in [1.54, 1.807) is 6.20 Å². The lowest BCUT2D eigenvalue weighted by Gasteiger charge is -2.19. The monoisotopic (exact) mass is 421 g/mol. The van der Waals surface area contributed by atoms with Crippen LogP contribution in [0.25, 0.3) is 0 Å². The van der Waals surface area contributed by atoms with Crippen molar-refractivity contribution in [2.45, 2.75) is 13.3 Å². The number of nitrogens with one attached hydrogen (secondary N) is 1. The predicted molar refractivity (Wildman–Crippen MR) is 127 cm³/mol. The van der Waals surface area contributed by atoms with Crippen LogP contribution >= 0.6 is 0 Å². The number of amides is 1. The molecule has 158 valence electrons. The third kappa shape index (κ3) is 4.18. The minimum Gasteiger partial charge on any atom is -0.457 e. The summed E-state index contributed by atoms with van der Waals surface area (Å²) in [7, 11) is 0. The van der Waals surface area contributed by atoms with Crippen LogP contribution in [-0.2, 0) is 6.42 Å². The summed E-state index contributed by atoms with van der Waals surface area (Å²) >= 11 is 0. The molecule has 0 spiro atoms. The van der Waals surface area contributed by atoms with Crippen LogP contribution in [0.1, 0.15) is 21.6 Å². The normalized spacial score (nSPS) is 12.3. The van der Waals surface area contributed by atoms with Crippen molar-refractivity contribution < 1.29 is 9.53 Å². The number of fused-ring (bicyclic) bond motifs is 1. The summed E-state index contributed by atoms with van der Waals surface area (Å²) in [6, 6.07) is 27.1. The number of aromatic nitrogens is 1. The van der Waals surface area contributed by atoms with Crippen molar-refractivity contribution in [3.05, 3.63) is 108 Å². The molecule has 5 rings (SSSR count). The van der Waals surface area contributed by atoms with E-state index < -0.39 is 0 Å². The van der Waals surface area contributed by atoms with Crippen molar-refractivity contribution in [1.29, 1.82) is 0 Å². The summed E-state index contributed by atoms with van der Waals surface area (Å²) in [6.07, 6.45) is 2.60. The molecule has 0 saturated heterocycles. The molecule has 1 aliphatic heterocycles. The molecular weight excluding hydrogens is 398 g/mol. The Labute approximate surface area is 187 Å². The van der Waals surface area contributed by atoms with Crippen molar-refractivity contribution in [2.75, 3.05) is 16.8 Å². The SMILES string of the molecule is Cc1cc(Nc2cccc(C(=O)N3CCc4ccc(Oc5ccccc5)cc43)c2)ccn1. The second-order valence-electron chi connectivity index (χ2n) is 7.80. The zero-order valence-electron chi connectivity index (χ0n) is 17.8. The van der Waals surface area contributed by atoms with Gasteiger partial charge in [0, 0.05) is 41.4 Å². The van der Waals surface area contributed by atoms with Gasteiger partial charge in [-0.25, -0.2) is 0 Å². The Bertz CT molecular complexity index is 1270. The third-order valence-corrected chi connectivity index (χ3v) is 5.47. The molecule has 0 saturated carbocycles. The molecular formula is C27H23N3O2. The van der Waals surface area contributed by atoms with Crippen LogP contribution in [-0.4, -0.2) is 17.4 Å². The molecule has 0 radical (unpaired) electrons. The lowest BCUT2D eigenvalue weighted by Crippen LogP contribution is -2.28. The summed E-state index contributed by atoms with van der Waals surface area (Å²) in [5.74, 6) is 1.47. The van der Waals surface area contributed by atoms with Gasteiger partial charge in [0.25, 0.3) is 5.91 Å². The summed E-state index contributed by atoms with van der Waals surface area (Å²) < 4.78 is 5.98. The first-order valence-electron chi connectivity index (χ1n) is 10.6. The lowest BCUT2D eigenvalue weighted by molar-refractivity contribution is 0.0989. The number of hydrogen-bond acceptors (Lipinski definition) is 4. The van der Waals surface area contributed by atoms with Crippen LogP contribution in [0.5, 0.6) is 11.5 Å². The van der Waals surface area contributed by atoms with Gasteiger partial charge >= 0.3 is 0 Å². The molecule has 1 aliphatic rings. The van der Waals surface area contributed by atoms with Crippen molar-refractivity contribution in [3.8, 4) is 11.5 Å². The Morgan fingerprint density at radius 1 is 0.906 bits per heavy atom. The number of para-hydroxylation sites is 1. The highest BCUT2D eigenvalue weighted by Gasteiger charge is 2.26. The first-order chi connectivity index (χ1) is 15.7. The third-order valence-electron chi connectivity index (χ3n) is 5.47.